The molecule has 0 aliphatic rings. The van der Waals surface area contributed by atoms with Crippen LogP contribution >= 0.6 is 11.3 Å². The number of thiophene rings is 1. The first-order valence-electron chi connectivity index (χ1n) is 8.52. The van der Waals surface area contributed by atoms with Crippen molar-refractivity contribution in [3.05, 3.63) is 59.0 Å². The fraction of sp³-hybridized carbons (Fsp3) is 0.211. The molecule has 29 heavy (non-hydrogen) atoms. The summed E-state index contributed by atoms with van der Waals surface area (Å²) < 4.78 is 42.1. The number of nitrogens with two attached hydrogens (primary N) is 1. The van der Waals surface area contributed by atoms with E-state index in [0.29, 0.717) is 5.56 Å². The Hall–Kier alpha value is -2.98. The summed E-state index contributed by atoms with van der Waals surface area (Å²) >= 11 is 0.902. The number of benzene rings is 1. The van der Waals surface area contributed by atoms with Gasteiger partial charge in [-0.1, -0.05) is 6.92 Å². The number of carbonyl (C=O) groups is 1. The number of aliphatic hydroxyl groups is 1. The second-order valence-electron chi connectivity index (χ2n) is 6.28. The van der Waals surface area contributed by atoms with Crippen molar-refractivity contribution in [1.82, 2.24) is 9.97 Å². The Morgan fingerprint density at radius 2 is 2.00 bits per heavy atom. The van der Waals surface area contributed by atoms with Gasteiger partial charge in [0.2, 0.25) is 0 Å². The molecule has 0 saturated carbocycles. The van der Waals surface area contributed by atoms with Crippen LogP contribution in [0.1, 0.15) is 34.6 Å². The lowest BCUT2D eigenvalue weighted by Gasteiger charge is -2.11. The average molecular weight is 422 g/mol. The summed E-state index contributed by atoms with van der Waals surface area (Å²) in [7, 11) is 0. The Bertz CT molecular complexity index is 1030. The lowest BCUT2D eigenvalue weighted by atomic mass is 9.99. The quantitative estimate of drug-likeness (QED) is 0.536. The van der Waals surface area contributed by atoms with E-state index in [1.54, 1.807) is 6.92 Å². The van der Waals surface area contributed by atoms with Gasteiger partial charge in [0.15, 0.2) is 5.82 Å². The number of nitrogens with one attached hydrogen (secondary N) is 1. The zero-order chi connectivity index (χ0) is 21.1. The Morgan fingerprint density at radius 3 is 2.59 bits per heavy atom. The number of aliphatic hydroxyl groups excluding tert-OH is 1. The summed E-state index contributed by atoms with van der Waals surface area (Å²) in [5.74, 6) is -2.75. The third-order valence-corrected chi connectivity index (χ3v) is 5.29. The summed E-state index contributed by atoms with van der Waals surface area (Å²) in [5, 5.41) is 12.2. The highest BCUT2D eigenvalue weighted by Gasteiger charge is 2.22. The molecule has 6 nitrogen and oxygen atoms in total. The summed E-state index contributed by atoms with van der Waals surface area (Å²) in [6, 6.07) is 5.03. The number of alkyl halides is 1. The fourth-order valence-electron chi connectivity index (χ4n) is 2.66. The van der Waals surface area contributed by atoms with E-state index in [1.807, 2.05) is 0 Å². The minimum atomic E-state index is -0.872. The van der Waals surface area contributed by atoms with Crippen molar-refractivity contribution in [2.75, 3.05) is 11.9 Å². The van der Waals surface area contributed by atoms with Crippen molar-refractivity contribution in [3.8, 4) is 10.4 Å². The first-order chi connectivity index (χ1) is 13.8. The Morgan fingerprint density at radius 1 is 1.31 bits per heavy atom. The molecule has 0 bridgehead atoms. The maximum Gasteiger partial charge on any atom is 0.251 e. The third kappa shape index (κ3) is 4.38. The Kier molecular flexibility index (Phi) is 6.14. The molecule has 152 valence electrons. The average Bonchev–Trinajstić information content (AvgIpc) is 3.10. The number of anilines is 2. The predicted octanol–water partition coefficient (Wildman–Crippen LogP) is 3.89. The molecule has 3 aromatic rings. The van der Waals surface area contributed by atoms with Crippen LogP contribution in [0.4, 0.5) is 24.0 Å². The van der Waals surface area contributed by atoms with E-state index in [4.69, 9.17) is 5.73 Å². The van der Waals surface area contributed by atoms with Gasteiger partial charge in [-0.3, -0.25) is 4.79 Å². The fourth-order valence-corrected chi connectivity index (χ4v) is 3.78. The van der Waals surface area contributed by atoms with Crippen molar-refractivity contribution in [3.63, 3.8) is 0 Å². The maximum atomic E-state index is 14.6. The van der Waals surface area contributed by atoms with Gasteiger partial charge in [-0.2, -0.15) is 0 Å². The van der Waals surface area contributed by atoms with Crippen LogP contribution in [-0.2, 0) is 6.67 Å². The van der Waals surface area contributed by atoms with Crippen LogP contribution in [0.15, 0.2) is 30.5 Å². The molecular formula is C19H17F3N4O2S. The highest BCUT2D eigenvalue weighted by Crippen LogP contribution is 2.39. The number of halogens is 3. The second-order valence-corrected chi connectivity index (χ2v) is 7.33. The summed E-state index contributed by atoms with van der Waals surface area (Å²) in [6.45, 7) is 0.513. The third-order valence-electron chi connectivity index (χ3n) is 4.22. The van der Waals surface area contributed by atoms with Crippen LogP contribution in [0.5, 0.6) is 0 Å². The topological polar surface area (TPSA) is 101 Å². The molecule has 1 amide bonds. The zero-order valence-corrected chi connectivity index (χ0v) is 16.1. The predicted molar refractivity (Wildman–Crippen MR) is 104 cm³/mol. The molecule has 3 rings (SSSR count). The molecule has 10 heteroatoms. The molecule has 2 aromatic heterocycles. The SMILES string of the molecule is CC(CO)c1cc(F)c(-c2cc(C(N)=O)c(Nc3ccnc(CF)n3)s2)c(F)c1. The summed E-state index contributed by atoms with van der Waals surface area (Å²) in [4.78, 5) is 19.6. The van der Waals surface area contributed by atoms with Gasteiger partial charge in [-0.05, 0) is 29.8 Å². The summed E-state index contributed by atoms with van der Waals surface area (Å²) in [6.07, 6.45) is 1.34. The molecular weight excluding hydrogens is 405 g/mol. The number of rotatable bonds is 7. The first kappa shape index (κ1) is 20.7. The van der Waals surface area contributed by atoms with Gasteiger partial charge in [-0.25, -0.2) is 23.1 Å². The molecule has 0 spiro atoms. The smallest absolute Gasteiger partial charge is 0.251 e. The Balaban J connectivity index is 2.04. The number of primary amides is 1. The molecule has 4 N–H and O–H groups in total. The van der Waals surface area contributed by atoms with E-state index in [9.17, 15) is 23.1 Å². The number of hydrogen-bond acceptors (Lipinski definition) is 6. The number of nitrogens with zero attached hydrogens (tertiary/aromatic N) is 2. The molecule has 1 unspecified atom stereocenters. The largest absolute Gasteiger partial charge is 0.396 e. The van der Waals surface area contributed by atoms with Gasteiger partial charge in [0.25, 0.3) is 5.91 Å². The van der Waals surface area contributed by atoms with E-state index >= 15 is 0 Å². The molecule has 0 radical (unpaired) electrons. The van der Waals surface area contributed by atoms with Gasteiger partial charge >= 0.3 is 0 Å². The van der Waals surface area contributed by atoms with Gasteiger partial charge in [0, 0.05) is 23.6 Å². The van der Waals surface area contributed by atoms with Crippen LogP contribution < -0.4 is 11.1 Å². The molecule has 2 heterocycles. The highest BCUT2D eigenvalue weighted by atomic mass is 32.1. The van der Waals surface area contributed by atoms with Crippen LogP contribution in [-0.4, -0.2) is 27.6 Å². The van der Waals surface area contributed by atoms with Crippen LogP contribution in [0.2, 0.25) is 0 Å². The van der Waals surface area contributed by atoms with Gasteiger partial charge in [0.05, 0.1) is 11.1 Å². The van der Waals surface area contributed by atoms with Crippen LogP contribution in [0.25, 0.3) is 10.4 Å². The Labute approximate surface area is 168 Å². The van der Waals surface area contributed by atoms with E-state index in [0.717, 1.165) is 23.5 Å². The minimum absolute atomic E-state index is 0.0111. The van der Waals surface area contributed by atoms with Crippen molar-refractivity contribution in [2.24, 2.45) is 5.73 Å². The van der Waals surface area contributed by atoms with Gasteiger partial charge < -0.3 is 16.2 Å². The normalized spacial score (nSPS) is 12.0. The second kappa shape index (κ2) is 8.58. The van der Waals surface area contributed by atoms with Gasteiger partial charge in [-0.15, -0.1) is 11.3 Å². The van der Waals surface area contributed by atoms with E-state index in [2.05, 4.69) is 15.3 Å². The molecule has 0 aliphatic carbocycles. The van der Waals surface area contributed by atoms with Gasteiger partial charge in [0.1, 0.15) is 29.1 Å². The maximum absolute atomic E-state index is 14.6. The summed E-state index contributed by atoms with van der Waals surface area (Å²) in [5.41, 5.74) is 5.41. The lowest BCUT2D eigenvalue weighted by molar-refractivity contribution is 0.100. The number of hydrogen-bond donors (Lipinski definition) is 3. The van der Waals surface area contributed by atoms with E-state index in [1.165, 1.54) is 18.3 Å². The van der Waals surface area contributed by atoms with Crippen molar-refractivity contribution in [1.29, 1.82) is 0 Å². The molecule has 1 aromatic carbocycles. The molecule has 0 fully saturated rings. The first-order valence-corrected chi connectivity index (χ1v) is 9.34. The van der Waals surface area contributed by atoms with E-state index < -0.39 is 30.1 Å². The molecule has 1 atom stereocenters. The van der Waals surface area contributed by atoms with Crippen molar-refractivity contribution in [2.45, 2.75) is 19.5 Å². The monoisotopic (exact) mass is 422 g/mol. The van der Waals surface area contributed by atoms with Crippen LogP contribution in [0.3, 0.4) is 0 Å². The molecule has 0 aliphatic heterocycles. The van der Waals surface area contributed by atoms with Crippen LogP contribution in [0, 0.1) is 11.6 Å². The zero-order valence-electron chi connectivity index (χ0n) is 15.2. The number of amides is 1. The van der Waals surface area contributed by atoms with E-state index in [-0.39, 0.29) is 39.3 Å². The van der Waals surface area contributed by atoms with Crippen molar-refractivity contribution >= 4 is 28.1 Å². The number of aromatic nitrogens is 2. The van der Waals surface area contributed by atoms with Crippen molar-refractivity contribution < 1.29 is 23.1 Å². The highest BCUT2D eigenvalue weighted by molar-refractivity contribution is 7.20. The standard InChI is InChI=1S/C19H17F3N4O2S/c1-9(8-27)10-4-12(21)17(13(22)5-10)14-6-11(18(23)28)19(29-14)26-15-2-3-24-16(7-20)25-15/h2-6,9,27H,7-8H2,1H3,(H2,23,28)(H,24,25,26). The minimum Gasteiger partial charge on any atom is -0.396 e. The number of carbonyl (C=O) groups excluding carboxylic acids is 1. The lowest BCUT2D eigenvalue weighted by Crippen LogP contribution is -2.11. The molecule has 0 saturated heterocycles.